The molecule has 0 amide bonds. The average Bonchev–Trinajstić information content (AvgIpc) is 2.25. The van der Waals surface area contributed by atoms with Gasteiger partial charge in [0.1, 0.15) is 18.5 Å². The van der Waals surface area contributed by atoms with Gasteiger partial charge in [0.25, 0.3) is 0 Å². The highest BCUT2D eigenvalue weighted by molar-refractivity contribution is 5.73. The van der Waals surface area contributed by atoms with Crippen molar-refractivity contribution >= 4 is 12.3 Å². The minimum Gasteiger partial charge on any atom is -0.480 e. The molecule has 0 aromatic heterocycles. The van der Waals surface area contributed by atoms with Crippen LogP contribution in [0.3, 0.4) is 0 Å². The molecule has 0 aromatic rings. The lowest BCUT2D eigenvalue weighted by molar-refractivity contribution is -0.139. The lowest BCUT2D eigenvalue weighted by Gasteiger charge is -2.15. The van der Waals surface area contributed by atoms with Crippen LogP contribution in [0.15, 0.2) is 10.2 Å². The van der Waals surface area contributed by atoms with Gasteiger partial charge in [0.05, 0.1) is 0 Å². The van der Waals surface area contributed by atoms with E-state index in [0.29, 0.717) is 6.29 Å². The molecule has 0 aliphatic heterocycles. The number of hydrogen-bond donors (Lipinski definition) is 2. The summed E-state index contributed by atoms with van der Waals surface area (Å²) in [5.74, 6) is -2.36. The Balaban J connectivity index is 4.79. The van der Waals surface area contributed by atoms with Crippen LogP contribution in [-0.4, -0.2) is 29.6 Å². The first-order valence-corrected chi connectivity index (χ1v) is 4.09. The molecular weight excluding hydrogens is 218 g/mol. The number of azide groups is 1. The summed E-state index contributed by atoms with van der Waals surface area (Å²) in [5.41, 5.74) is 21.5. The zero-order chi connectivity index (χ0) is 12.6. The topological polar surface area (TPSA) is 178 Å². The van der Waals surface area contributed by atoms with E-state index in [1.165, 1.54) is 0 Å². The number of nitrogens with two attached hydrogens (primary N) is 1. The number of aldehydes is 1. The third-order valence-electron chi connectivity index (χ3n) is 1.74. The maximum atomic E-state index is 10.6. The predicted octanol–water partition coefficient (Wildman–Crippen LogP) is 0.550. The number of rotatable bonds is 7. The molecular formula is C6H9N7O3. The van der Waals surface area contributed by atoms with Crippen LogP contribution >= 0.6 is 0 Å². The van der Waals surface area contributed by atoms with Crippen LogP contribution in [0.1, 0.15) is 6.42 Å². The third kappa shape index (κ3) is 4.29. The summed E-state index contributed by atoms with van der Waals surface area (Å²) in [6, 6.07) is -1.29. The van der Waals surface area contributed by atoms with E-state index >= 15 is 0 Å². The monoisotopic (exact) mass is 227 g/mol. The summed E-state index contributed by atoms with van der Waals surface area (Å²) in [6.45, 7) is 0. The van der Waals surface area contributed by atoms with E-state index in [4.69, 9.17) is 21.9 Å². The minimum absolute atomic E-state index is 0.276. The SMILES string of the molecule is [N-]=[N+]=NC(N=[N+]=[N-])C(C=O)CC(N)C(=O)O. The van der Waals surface area contributed by atoms with Crippen molar-refractivity contribution < 1.29 is 14.7 Å². The fraction of sp³-hybridized carbons (Fsp3) is 0.667. The second-order valence-electron chi connectivity index (χ2n) is 2.80. The third-order valence-corrected chi connectivity index (χ3v) is 1.74. The van der Waals surface area contributed by atoms with Crippen LogP contribution in [0.25, 0.3) is 20.9 Å². The van der Waals surface area contributed by atoms with Crippen LogP contribution in [0.4, 0.5) is 0 Å². The van der Waals surface area contributed by atoms with Crippen molar-refractivity contribution in [1.82, 2.24) is 0 Å². The molecule has 10 heteroatoms. The van der Waals surface area contributed by atoms with Gasteiger partial charge in [-0.15, -0.1) is 0 Å². The number of hydrogen-bond acceptors (Lipinski definition) is 5. The first kappa shape index (κ1) is 13.7. The number of aliphatic carboxylic acids is 1. The summed E-state index contributed by atoms with van der Waals surface area (Å²) in [4.78, 5) is 25.9. The molecule has 0 heterocycles. The van der Waals surface area contributed by atoms with Crippen molar-refractivity contribution in [2.75, 3.05) is 0 Å². The Labute approximate surface area is 89.3 Å². The summed E-state index contributed by atoms with van der Waals surface area (Å²) in [7, 11) is 0. The second kappa shape index (κ2) is 7.07. The molecule has 10 nitrogen and oxygen atoms in total. The van der Waals surface area contributed by atoms with E-state index in [1.54, 1.807) is 0 Å². The van der Waals surface area contributed by atoms with E-state index in [2.05, 4.69) is 20.1 Å². The largest absolute Gasteiger partial charge is 0.480 e. The van der Waals surface area contributed by atoms with E-state index in [1.807, 2.05) is 0 Å². The molecule has 0 aliphatic carbocycles. The summed E-state index contributed by atoms with van der Waals surface area (Å²) in [5, 5.41) is 14.7. The predicted molar refractivity (Wildman–Crippen MR) is 51.9 cm³/mol. The van der Waals surface area contributed by atoms with Gasteiger partial charge in [-0.25, -0.2) is 0 Å². The van der Waals surface area contributed by atoms with E-state index < -0.39 is 24.1 Å². The Morgan fingerprint density at radius 1 is 1.44 bits per heavy atom. The molecule has 0 saturated carbocycles. The quantitative estimate of drug-likeness (QED) is 0.279. The maximum Gasteiger partial charge on any atom is 0.320 e. The Bertz CT molecular complexity index is 339. The summed E-state index contributed by atoms with van der Waals surface area (Å²) < 4.78 is 0. The van der Waals surface area contributed by atoms with Gasteiger partial charge in [0, 0.05) is 15.7 Å². The van der Waals surface area contributed by atoms with Gasteiger partial charge in [-0.3, -0.25) is 4.79 Å². The lowest BCUT2D eigenvalue weighted by atomic mass is 9.99. The molecule has 0 aliphatic rings. The van der Waals surface area contributed by atoms with Gasteiger partial charge < -0.3 is 15.6 Å². The number of carboxylic acid groups (broad SMARTS) is 1. The Kier molecular flexibility index (Phi) is 6.06. The number of carboxylic acids is 1. The van der Waals surface area contributed by atoms with Gasteiger partial charge in [-0.1, -0.05) is 10.2 Å². The fourth-order valence-electron chi connectivity index (χ4n) is 0.942. The molecule has 0 aromatic carbocycles. The first-order chi connectivity index (χ1) is 7.56. The lowest BCUT2D eigenvalue weighted by Crippen LogP contribution is -2.35. The minimum atomic E-state index is -1.31. The fourth-order valence-corrected chi connectivity index (χ4v) is 0.942. The Morgan fingerprint density at radius 3 is 2.25 bits per heavy atom. The zero-order valence-corrected chi connectivity index (χ0v) is 8.04. The van der Waals surface area contributed by atoms with Crippen molar-refractivity contribution in [2.24, 2.45) is 21.9 Å². The van der Waals surface area contributed by atoms with E-state index in [-0.39, 0.29) is 6.42 Å². The number of carbonyl (C=O) groups excluding carboxylic acids is 1. The molecule has 2 atom stereocenters. The highest BCUT2D eigenvalue weighted by Crippen LogP contribution is 2.14. The molecule has 0 radical (unpaired) electrons. The number of carbonyl (C=O) groups is 2. The molecule has 86 valence electrons. The molecule has 0 spiro atoms. The normalized spacial score (nSPS) is 14.8. The van der Waals surface area contributed by atoms with Crippen LogP contribution in [0.5, 0.6) is 0 Å². The molecule has 0 rings (SSSR count). The molecule has 0 fully saturated rings. The zero-order valence-electron chi connectivity index (χ0n) is 8.04. The van der Waals surface area contributed by atoms with Crippen LogP contribution < -0.4 is 5.73 Å². The molecule has 0 bridgehead atoms. The number of nitrogens with zero attached hydrogens (tertiary/aromatic N) is 6. The van der Waals surface area contributed by atoms with Crippen LogP contribution in [0.2, 0.25) is 0 Å². The van der Waals surface area contributed by atoms with Crippen molar-refractivity contribution in [2.45, 2.75) is 18.6 Å². The molecule has 2 unspecified atom stereocenters. The van der Waals surface area contributed by atoms with Crippen LogP contribution in [-0.2, 0) is 9.59 Å². The van der Waals surface area contributed by atoms with Gasteiger partial charge in [0.2, 0.25) is 0 Å². The van der Waals surface area contributed by atoms with Gasteiger partial charge in [-0.2, -0.15) is 0 Å². The van der Waals surface area contributed by atoms with Crippen molar-refractivity contribution in [3.63, 3.8) is 0 Å². The van der Waals surface area contributed by atoms with Crippen molar-refractivity contribution in [1.29, 1.82) is 0 Å². The second-order valence-corrected chi connectivity index (χ2v) is 2.80. The van der Waals surface area contributed by atoms with E-state index in [9.17, 15) is 9.59 Å². The maximum absolute atomic E-state index is 10.6. The van der Waals surface area contributed by atoms with Crippen molar-refractivity contribution in [3.05, 3.63) is 20.9 Å². The molecule has 0 saturated heterocycles. The Morgan fingerprint density at radius 2 is 1.94 bits per heavy atom. The van der Waals surface area contributed by atoms with Gasteiger partial charge in [-0.05, 0) is 17.5 Å². The Hall–Kier alpha value is -2.28. The summed E-state index contributed by atoms with van der Waals surface area (Å²) >= 11 is 0. The smallest absolute Gasteiger partial charge is 0.320 e. The molecule has 3 N–H and O–H groups in total. The highest BCUT2D eigenvalue weighted by atomic mass is 16.4. The average molecular weight is 227 g/mol. The van der Waals surface area contributed by atoms with Crippen molar-refractivity contribution in [3.8, 4) is 0 Å². The first-order valence-electron chi connectivity index (χ1n) is 4.09. The van der Waals surface area contributed by atoms with E-state index in [0.717, 1.165) is 0 Å². The summed E-state index contributed by atoms with van der Waals surface area (Å²) in [6.07, 6.45) is -1.24. The molecule has 16 heavy (non-hydrogen) atoms. The van der Waals surface area contributed by atoms with Gasteiger partial charge >= 0.3 is 5.97 Å². The van der Waals surface area contributed by atoms with Crippen LogP contribution in [0, 0.1) is 5.92 Å². The van der Waals surface area contributed by atoms with Gasteiger partial charge in [0.15, 0.2) is 0 Å². The highest BCUT2D eigenvalue weighted by Gasteiger charge is 2.24. The standard InChI is InChI=1S/C6H9N7O3/c7-4(6(15)16)1-3(2-14)5(10-12-8)11-13-9/h2-5H,1,7H2,(H,15,16).